The molecule has 1 aromatic carbocycles. The molecule has 1 aliphatic rings. The monoisotopic (exact) mass is 253 g/mol. The highest BCUT2D eigenvalue weighted by atomic mass is 35.5. The van der Waals surface area contributed by atoms with Crippen molar-refractivity contribution >= 4 is 11.6 Å². The molecule has 1 aliphatic carbocycles. The van der Waals surface area contributed by atoms with Gasteiger partial charge in [0.2, 0.25) is 0 Å². The van der Waals surface area contributed by atoms with E-state index in [4.69, 9.17) is 11.6 Å². The second kappa shape index (κ2) is 5.85. The summed E-state index contributed by atoms with van der Waals surface area (Å²) in [6.07, 6.45) is 3.99. The largest absolute Gasteiger partial charge is 0.393 e. The first-order valence-corrected chi connectivity index (χ1v) is 6.69. The molecule has 2 atom stereocenters. The Morgan fingerprint density at radius 3 is 2.94 bits per heavy atom. The fourth-order valence-electron chi connectivity index (χ4n) is 2.36. The zero-order valence-corrected chi connectivity index (χ0v) is 11.0. The Morgan fingerprint density at radius 1 is 1.41 bits per heavy atom. The van der Waals surface area contributed by atoms with Crippen LogP contribution in [0.5, 0.6) is 0 Å². The van der Waals surface area contributed by atoms with Crippen molar-refractivity contribution < 1.29 is 5.11 Å². The first-order valence-electron chi connectivity index (χ1n) is 6.31. The Labute approximate surface area is 108 Å². The third-order valence-electron chi connectivity index (χ3n) is 3.48. The van der Waals surface area contributed by atoms with Crippen molar-refractivity contribution in [2.24, 2.45) is 0 Å². The highest BCUT2D eigenvalue weighted by Gasteiger charge is 2.19. The minimum absolute atomic E-state index is 0.122. The van der Waals surface area contributed by atoms with Crippen LogP contribution in [0.15, 0.2) is 18.2 Å². The van der Waals surface area contributed by atoms with Crippen LogP contribution in [0.4, 0.5) is 0 Å². The molecular formula is C14H20ClNO. The zero-order valence-electron chi connectivity index (χ0n) is 10.2. The van der Waals surface area contributed by atoms with Crippen LogP contribution < -0.4 is 5.32 Å². The van der Waals surface area contributed by atoms with Crippen molar-refractivity contribution in [3.8, 4) is 0 Å². The molecule has 0 amide bonds. The lowest BCUT2D eigenvalue weighted by atomic mass is 9.93. The molecule has 3 heteroatoms. The number of aliphatic hydroxyl groups is 1. The summed E-state index contributed by atoms with van der Waals surface area (Å²) in [5, 5.41) is 13.9. The molecule has 0 saturated heterocycles. The summed E-state index contributed by atoms with van der Waals surface area (Å²) < 4.78 is 0. The predicted molar refractivity (Wildman–Crippen MR) is 71.3 cm³/mol. The van der Waals surface area contributed by atoms with Crippen LogP contribution in [-0.4, -0.2) is 17.3 Å². The van der Waals surface area contributed by atoms with Gasteiger partial charge in [-0.2, -0.15) is 0 Å². The Morgan fingerprint density at radius 2 is 2.24 bits per heavy atom. The number of hydrogen-bond donors (Lipinski definition) is 2. The van der Waals surface area contributed by atoms with Gasteiger partial charge in [0, 0.05) is 17.6 Å². The van der Waals surface area contributed by atoms with Crippen molar-refractivity contribution in [3.05, 3.63) is 34.3 Å². The molecule has 17 heavy (non-hydrogen) atoms. The maximum atomic E-state index is 9.60. The molecule has 2 rings (SSSR count). The minimum Gasteiger partial charge on any atom is -0.393 e. The van der Waals surface area contributed by atoms with E-state index in [1.165, 1.54) is 5.56 Å². The van der Waals surface area contributed by atoms with Crippen LogP contribution in [0, 0.1) is 6.92 Å². The van der Waals surface area contributed by atoms with Gasteiger partial charge in [0.15, 0.2) is 0 Å². The fourth-order valence-corrected chi connectivity index (χ4v) is 2.56. The van der Waals surface area contributed by atoms with Gasteiger partial charge in [0.05, 0.1) is 6.10 Å². The molecule has 0 spiro atoms. The van der Waals surface area contributed by atoms with Crippen LogP contribution in [0.1, 0.15) is 36.8 Å². The summed E-state index contributed by atoms with van der Waals surface area (Å²) in [5.41, 5.74) is 2.32. The van der Waals surface area contributed by atoms with E-state index in [1.54, 1.807) is 0 Å². The topological polar surface area (TPSA) is 32.3 Å². The summed E-state index contributed by atoms with van der Waals surface area (Å²) in [6.45, 7) is 2.84. The molecule has 2 unspecified atom stereocenters. The summed E-state index contributed by atoms with van der Waals surface area (Å²) in [7, 11) is 0. The Bertz CT molecular complexity index is 380. The highest BCUT2D eigenvalue weighted by Crippen LogP contribution is 2.20. The number of benzene rings is 1. The second-order valence-corrected chi connectivity index (χ2v) is 5.39. The SMILES string of the molecule is Cc1ccc(CNC2CCCC(O)C2)cc1Cl. The average Bonchev–Trinajstić information content (AvgIpc) is 2.31. The molecule has 0 radical (unpaired) electrons. The molecular weight excluding hydrogens is 234 g/mol. The lowest BCUT2D eigenvalue weighted by Crippen LogP contribution is -2.35. The molecule has 1 aromatic rings. The fraction of sp³-hybridized carbons (Fsp3) is 0.571. The lowest BCUT2D eigenvalue weighted by Gasteiger charge is -2.26. The van der Waals surface area contributed by atoms with Gasteiger partial charge in [-0.05, 0) is 49.8 Å². The first-order chi connectivity index (χ1) is 8.15. The number of nitrogens with one attached hydrogen (secondary N) is 1. The molecule has 0 heterocycles. The second-order valence-electron chi connectivity index (χ2n) is 4.98. The maximum absolute atomic E-state index is 9.60. The summed E-state index contributed by atoms with van der Waals surface area (Å²) >= 11 is 6.09. The van der Waals surface area contributed by atoms with E-state index in [-0.39, 0.29) is 6.10 Å². The van der Waals surface area contributed by atoms with Gasteiger partial charge in [0.25, 0.3) is 0 Å². The van der Waals surface area contributed by atoms with Crippen LogP contribution in [0.25, 0.3) is 0 Å². The van der Waals surface area contributed by atoms with Gasteiger partial charge < -0.3 is 10.4 Å². The number of aryl methyl sites for hydroxylation is 1. The third-order valence-corrected chi connectivity index (χ3v) is 3.88. The van der Waals surface area contributed by atoms with E-state index in [2.05, 4.69) is 17.4 Å². The smallest absolute Gasteiger partial charge is 0.0555 e. The highest BCUT2D eigenvalue weighted by molar-refractivity contribution is 6.31. The van der Waals surface area contributed by atoms with E-state index in [1.807, 2.05) is 13.0 Å². The van der Waals surface area contributed by atoms with Crippen molar-refractivity contribution in [1.82, 2.24) is 5.32 Å². The summed E-state index contributed by atoms with van der Waals surface area (Å²) in [6, 6.07) is 6.62. The summed E-state index contributed by atoms with van der Waals surface area (Å²) in [5.74, 6) is 0. The van der Waals surface area contributed by atoms with Crippen molar-refractivity contribution in [2.75, 3.05) is 0 Å². The van der Waals surface area contributed by atoms with Gasteiger partial charge in [-0.25, -0.2) is 0 Å². The Balaban J connectivity index is 1.86. The third kappa shape index (κ3) is 3.70. The van der Waals surface area contributed by atoms with E-state index in [0.29, 0.717) is 6.04 Å². The van der Waals surface area contributed by atoms with E-state index in [0.717, 1.165) is 42.8 Å². The molecule has 0 bridgehead atoms. The Kier molecular flexibility index (Phi) is 4.43. The molecule has 0 aliphatic heterocycles. The number of aliphatic hydroxyl groups excluding tert-OH is 1. The predicted octanol–water partition coefficient (Wildman–Crippen LogP) is 3.04. The molecule has 0 aromatic heterocycles. The van der Waals surface area contributed by atoms with E-state index >= 15 is 0 Å². The first kappa shape index (κ1) is 12.9. The van der Waals surface area contributed by atoms with Gasteiger partial charge in [0.1, 0.15) is 0 Å². The molecule has 1 fully saturated rings. The van der Waals surface area contributed by atoms with Crippen molar-refractivity contribution in [2.45, 2.75) is 51.3 Å². The van der Waals surface area contributed by atoms with Gasteiger partial charge in [-0.3, -0.25) is 0 Å². The van der Waals surface area contributed by atoms with E-state index in [9.17, 15) is 5.11 Å². The van der Waals surface area contributed by atoms with Crippen molar-refractivity contribution in [1.29, 1.82) is 0 Å². The summed E-state index contributed by atoms with van der Waals surface area (Å²) in [4.78, 5) is 0. The van der Waals surface area contributed by atoms with Crippen LogP contribution >= 0.6 is 11.6 Å². The zero-order chi connectivity index (χ0) is 12.3. The van der Waals surface area contributed by atoms with E-state index < -0.39 is 0 Å². The van der Waals surface area contributed by atoms with Crippen molar-refractivity contribution in [3.63, 3.8) is 0 Å². The number of rotatable bonds is 3. The number of halogens is 1. The quantitative estimate of drug-likeness (QED) is 0.868. The average molecular weight is 254 g/mol. The van der Waals surface area contributed by atoms with Gasteiger partial charge >= 0.3 is 0 Å². The van der Waals surface area contributed by atoms with Gasteiger partial charge in [-0.15, -0.1) is 0 Å². The Hall–Kier alpha value is -0.570. The molecule has 2 nitrogen and oxygen atoms in total. The van der Waals surface area contributed by atoms with Crippen LogP contribution in [0.2, 0.25) is 5.02 Å². The van der Waals surface area contributed by atoms with Crippen LogP contribution in [0.3, 0.4) is 0 Å². The number of hydrogen-bond acceptors (Lipinski definition) is 2. The molecule has 1 saturated carbocycles. The normalized spacial score (nSPS) is 24.9. The van der Waals surface area contributed by atoms with Gasteiger partial charge in [-0.1, -0.05) is 23.7 Å². The maximum Gasteiger partial charge on any atom is 0.0555 e. The van der Waals surface area contributed by atoms with Crippen LogP contribution in [-0.2, 0) is 6.54 Å². The molecule has 94 valence electrons. The standard InChI is InChI=1S/C14H20ClNO/c1-10-5-6-11(7-14(10)15)9-16-12-3-2-4-13(17)8-12/h5-7,12-13,16-17H,2-4,8-9H2,1H3. The lowest BCUT2D eigenvalue weighted by molar-refractivity contribution is 0.111. The minimum atomic E-state index is -0.122. The molecule has 2 N–H and O–H groups in total.